The number of carbonyl (C=O) groups is 2. The molecule has 1 N–H and O–H groups in total. The normalized spacial score (nSPS) is 11.1. The summed E-state index contributed by atoms with van der Waals surface area (Å²) in [5.41, 5.74) is 0.883. The number of hydrogen-bond donors (Lipinski definition) is 1. The molecule has 29 heavy (non-hydrogen) atoms. The third-order valence-corrected chi connectivity index (χ3v) is 4.48. The first-order chi connectivity index (χ1) is 13.5. The Morgan fingerprint density at radius 3 is 2.45 bits per heavy atom. The van der Waals surface area contributed by atoms with E-state index in [0.29, 0.717) is 17.7 Å². The molecule has 0 fully saturated rings. The van der Waals surface area contributed by atoms with Gasteiger partial charge in [0.15, 0.2) is 5.78 Å². The first-order valence-corrected chi connectivity index (χ1v) is 9.19. The topological polar surface area (TPSA) is 111 Å². The molecule has 0 saturated carbocycles. The number of nitro benzene ring substituents is 1. The van der Waals surface area contributed by atoms with Crippen molar-refractivity contribution in [1.82, 2.24) is 4.98 Å². The number of aryl methyl sites for hydroxylation is 1. The van der Waals surface area contributed by atoms with E-state index in [4.69, 9.17) is 4.74 Å². The van der Waals surface area contributed by atoms with E-state index >= 15 is 0 Å². The predicted molar refractivity (Wildman–Crippen MR) is 110 cm³/mol. The number of benzene rings is 1. The lowest BCUT2D eigenvalue weighted by Crippen LogP contribution is -2.29. The van der Waals surface area contributed by atoms with Crippen LogP contribution >= 0.6 is 0 Å². The first-order valence-electron chi connectivity index (χ1n) is 9.19. The van der Waals surface area contributed by atoms with Gasteiger partial charge in [-0.15, -0.1) is 0 Å². The number of nitrogens with one attached hydrogen (secondary N) is 1. The van der Waals surface area contributed by atoms with Crippen LogP contribution in [0.4, 0.5) is 11.4 Å². The fraction of sp³-hybridized carbons (Fsp3) is 0.381. The van der Waals surface area contributed by atoms with Crippen LogP contribution in [-0.4, -0.2) is 28.7 Å². The van der Waals surface area contributed by atoms with Crippen LogP contribution in [0, 0.1) is 22.5 Å². The molecule has 154 valence electrons. The van der Waals surface area contributed by atoms with Crippen molar-refractivity contribution in [2.45, 2.75) is 41.0 Å². The van der Waals surface area contributed by atoms with Gasteiger partial charge in [-0.25, -0.2) is 4.98 Å². The fourth-order valence-electron chi connectivity index (χ4n) is 2.87. The van der Waals surface area contributed by atoms with Crippen molar-refractivity contribution in [3.63, 3.8) is 0 Å². The minimum absolute atomic E-state index is 0.117. The molecule has 8 heteroatoms. The molecule has 0 aliphatic carbocycles. The van der Waals surface area contributed by atoms with E-state index in [1.54, 1.807) is 27.7 Å². The Morgan fingerprint density at radius 2 is 1.93 bits per heavy atom. The Balaban J connectivity index is 2.75. The summed E-state index contributed by atoms with van der Waals surface area (Å²) in [7, 11) is 1.40. The van der Waals surface area contributed by atoms with Crippen molar-refractivity contribution in [1.29, 1.82) is 0 Å². The Bertz CT molecular complexity index is 977. The molecule has 0 aliphatic heterocycles. The van der Waals surface area contributed by atoms with E-state index in [-0.39, 0.29) is 34.3 Å². The highest BCUT2D eigenvalue weighted by atomic mass is 16.6. The van der Waals surface area contributed by atoms with E-state index < -0.39 is 16.1 Å². The molecule has 1 aromatic carbocycles. The third kappa shape index (κ3) is 4.59. The number of hydrogen-bond acceptors (Lipinski definition) is 6. The van der Waals surface area contributed by atoms with Crippen LogP contribution in [-0.2, 0) is 11.2 Å². The SMILES string of the molecule is CCc1c(C)nc(OC)c(NC(=O)C(C)(C)C)c1C(=O)c1cccc([N+](=O)[O-])c1. The lowest BCUT2D eigenvalue weighted by molar-refractivity contribution is -0.384. The van der Waals surface area contributed by atoms with Crippen LogP contribution in [0.15, 0.2) is 24.3 Å². The molecule has 0 aliphatic rings. The van der Waals surface area contributed by atoms with Gasteiger partial charge >= 0.3 is 0 Å². The number of rotatable bonds is 6. The molecular weight excluding hydrogens is 374 g/mol. The largest absolute Gasteiger partial charge is 0.479 e. The van der Waals surface area contributed by atoms with Crippen LogP contribution in [0.3, 0.4) is 0 Å². The second-order valence-corrected chi connectivity index (χ2v) is 7.63. The molecular formula is C21H25N3O5. The summed E-state index contributed by atoms with van der Waals surface area (Å²) < 4.78 is 5.34. The Labute approximate surface area is 169 Å². The number of pyridine rings is 1. The monoisotopic (exact) mass is 399 g/mol. The van der Waals surface area contributed by atoms with Gasteiger partial charge in [-0.05, 0) is 18.9 Å². The number of methoxy groups -OCH3 is 1. The van der Waals surface area contributed by atoms with E-state index in [1.807, 2.05) is 6.92 Å². The smallest absolute Gasteiger partial charge is 0.270 e. The molecule has 0 radical (unpaired) electrons. The maximum atomic E-state index is 13.4. The zero-order valence-corrected chi connectivity index (χ0v) is 17.5. The lowest BCUT2D eigenvalue weighted by atomic mass is 9.92. The molecule has 0 saturated heterocycles. The fourth-order valence-corrected chi connectivity index (χ4v) is 2.87. The van der Waals surface area contributed by atoms with Crippen LogP contribution in [0.25, 0.3) is 0 Å². The Hall–Kier alpha value is -3.29. The molecule has 1 heterocycles. The molecule has 2 rings (SSSR count). The second kappa shape index (κ2) is 8.38. The van der Waals surface area contributed by atoms with E-state index in [1.165, 1.54) is 31.4 Å². The summed E-state index contributed by atoms with van der Waals surface area (Å²) in [6.45, 7) is 8.87. The summed E-state index contributed by atoms with van der Waals surface area (Å²) in [6, 6.07) is 5.50. The summed E-state index contributed by atoms with van der Waals surface area (Å²) >= 11 is 0. The predicted octanol–water partition coefficient (Wildman–Crippen LogP) is 4.08. The van der Waals surface area contributed by atoms with Gasteiger partial charge in [-0.1, -0.05) is 39.8 Å². The van der Waals surface area contributed by atoms with Crippen LogP contribution < -0.4 is 10.1 Å². The van der Waals surface area contributed by atoms with Gasteiger partial charge < -0.3 is 10.1 Å². The molecule has 0 spiro atoms. The zero-order valence-electron chi connectivity index (χ0n) is 17.5. The number of ether oxygens (including phenoxy) is 1. The highest BCUT2D eigenvalue weighted by molar-refractivity contribution is 6.16. The van der Waals surface area contributed by atoms with Gasteiger partial charge in [-0.3, -0.25) is 19.7 Å². The Kier molecular flexibility index (Phi) is 6.36. The number of ketones is 1. The third-order valence-electron chi connectivity index (χ3n) is 4.48. The summed E-state index contributed by atoms with van der Waals surface area (Å²) in [5, 5.41) is 13.9. The standard InChI is InChI=1S/C21H25N3O5/c1-7-15-12(2)22-19(29-6)17(23-20(26)21(3,4)5)16(15)18(25)13-9-8-10-14(11-13)24(27)28/h8-11H,7H2,1-6H3,(H,23,26). The van der Waals surface area contributed by atoms with E-state index in [0.717, 1.165) is 0 Å². The quantitative estimate of drug-likeness (QED) is 0.445. The maximum absolute atomic E-state index is 13.4. The molecule has 1 amide bonds. The van der Waals surface area contributed by atoms with Crippen molar-refractivity contribution in [3.05, 3.63) is 56.8 Å². The van der Waals surface area contributed by atoms with Gasteiger partial charge in [0, 0.05) is 28.8 Å². The van der Waals surface area contributed by atoms with Crippen molar-refractivity contribution in [3.8, 4) is 5.88 Å². The van der Waals surface area contributed by atoms with Crippen LogP contribution in [0.1, 0.15) is 54.9 Å². The van der Waals surface area contributed by atoms with Crippen molar-refractivity contribution < 1.29 is 19.2 Å². The number of nitro groups is 1. The number of non-ortho nitro benzene ring substituents is 1. The second-order valence-electron chi connectivity index (χ2n) is 7.63. The summed E-state index contributed by atoms with van der Waals surface area (Å²) in [4.78, 5) is 41.0. The van der Waals surface area contributed by atoms with Gasteiger partial charge in [-0.2, -0.15) is 0 Å². The van der Waals surface area contributed by atoms with E-state index in [9.17, 15) is 19.7 Å². The maximum Gasteiger partial charge on any atom is 0.270 e. The van der Waals surface area contributed by atoms with E-state index in [2.05, 4.69) is 10.3 Å². The number of amides is 1. The van der Waals surface area contributed by atoms with Crippen molar-refractivity contribution >= 4 is 23.1 Å². The molecule has 8 nitrogen and oxygen atoms in total. The average molecular weight is 399 g/mol. The molecule has 1 aromatic heterocycles. The number of nitrogens with zero attached hydrogens (tertiary/aromatic N) is 2. The van der Waals surface area contributed by atoms with Gasteiger partial charge in [0.25, 0.3) is 5.69 Å². The number of aromatic nitrogens is 1. The minimum atomic E-state index is -0.714. The van der Waals surface area contributed by atoms with Crippen LogP contribution in [0.2, 0.25) is 0 Å². The highest BCUT2D eigenvalue weighted by Gasteiger charge is 2.29. The number of carbonyl (C=O) groups excluding carboxylic acids is 2. The highest BCUT2D eigenvalue weighted by Crippen LogP contribution is 2.35. The summed E-state index contributed by atoms with van der Waals surface area (Å²) in [5.74, 6) is -0.638. The molecule has 0 atom stereocenters. The average Bonchev–Trinajstić information content (AvgIpc) is 2.67. The minimum Gasteiger partial charge on any atom is -0.479 e. The molecule has 0 bridgehead atoms. The molecule has 0 unspecified atom stereocenters. The van der Waals surface area contributed by atoms with Gasteiger partial charge in [0.2, 0.25) is 11.8 Å². The van der Waals surface area contributed by atoms with Crippen molar-refractivity contribution in [2.75, 3.05) is 12.4 Å². The first kappa shape index (κ1) is 22.0. The lowest BCUT2D eigenvalue weighted by Gasteiger charge is -2.22. The van der Waals surface area contributed by atoms with Gasteiger partial charge in [0.1, 0.15) is 5.69 Å². The zero-order chi connectivity index (χ0) is 21.9. The summed E-state index contributed by atoms with van der Waals surface area (Å²) in [6.07, 6.45) is 0.483. The van der Waals surface area contributed by atoms with Gasteiger partial charge in [0.05, 0.1) is 17.6 Å². The van der Waals surface area contributed by atoms with Crippen LogP contribution in [0.5, 0.6) is 5.88 Å². The van der Waals surface area contributed by atoms with Crippen molar-refractivity contribution in [2.24, 2.45) is 5.41 Å². The molecule has 2 aromatic rings. The Morgan fingerprint density at radius 1 is 1.28 bits per heavy atom. The number of anilines is 1.